The fourth-order valence-corrected chi connectivity index (χ4v) is 3.39. The van der Waals surface area contributed by atoms with Crippen molar-refractivity contribution in [2.24, 2.45) is 5.16 Å². The number of aromatic nitrogens is 1. The molecule has 28 heavy (non-hydrogen) atoms. The number of nitrogen functional groups attached to an aromatic ring is 1. The van der Waals surface area contributed by atoms with Gasteiger partial charge in [-0.05, 0) is 13.8 Å². The third-order valence-electron chi connectivity index (χ3n) is 3.16. The molecular weight excluding hydrogens is 418 g/mol. The molecule has 0 aromatic carbocycles. The molecule has 0 aliphatic carbocycles. The molecule has 1 aromatic rings. The number of rotatable bonds is 7. The number of carbonyl (C=O) groups is 3. The van der Waals surface area contributed by atoms with Crippen LogP contribution in [0.1, 0.15) is 26.5 Å². The Morgan fingerprint density at radius 3 is 2.57 bits per heavy atom. The molecule has 1 aliphatic heterocycles. The summed E-state index contributed by atoms with van der Waals surface area (Å²) in [6.45, 7) is 4.28. The number of nitrogens with two attached hydrogens (primary N) is 1. The van der Waals surface area contributed by atoms with Crippen LogP contribution in [0, 0.1) is 0 Å². The summed E-state index contributed by atoms with van der Waals surface area (Å²) in [5.74, 6) is -3.10. The number of ether oxygens (including phenoxy) is 1. The van der Waals surface area contributed by atoms with E-state index in [4.69, 9.17) is 19.9 Å². The summed E-state index contributed by atoms with van der Waals surface area (Å²) >= 11 is 1.03. The zero-order valence-corrected chi connectivity index (χ0v) is 16.5. The number of anilines is 1. The first-order chi connectivity index (χ1) is 12.9. The smallest absolute Gasteiger partial charge is 0.365 e. The van der Waals surface area contributed by atoms with E-state index in [2.05, 4.69) is 15.5 Å². The van der Waals surface area contributed by atoms with Crippen molar-refractivity contribution in [2.45, 2.75) is 39.1 Å². The monoisotopic (exact) mass is 435 g/mol. The van der Waals surface area contributed by atoms with Crippen molar-refractivity contribution in [3.8, 4) is 0 Å². The second-order valence-electron chi connectivity index (χ2n) is 5.73. The van der Waals surface area contributed by atoms with Crippen molar-refractivity contribution in [3.05, 3.63) is 11.1 Å². The zero-order chi connectivity index (χ0) is 21.2. The highest BCUT2D eigenvalue weighted by Gasteiger charge is 2.56. The molecule has 1 fully saturated rings. The van der Waals surface area contributed by atoms with Crippen LogP contribution in [0.3, 0.4) is 0 Å². The van der Waals surface area contributed by atoms with Gasteiger partial charge in [-0.15, -0.1) is 11.3 Å². The predicted molar refractivity (Wildman–Crippen MR) is 95.2 cm³/mol. The fourth-order valence-electron chi connectivity index (χ4n) is 2.07. The number of β-lactam (4-membered cyclic amide) rings is 1. The molecule has 0 radical (unpaired) electrons. The van der Waals surface area contributed by atoms with E-state index in [-0.39, 0.29) is 26.9 Å². The van der Waals surface area contributed by atoms with E-state index in [0.717, 1.165) is 18.3 Å². The first-order valence-corrected chi connectivity index (χ1v) is 9.93. The van der Waals surface area contributed by atoms with Crippen LogP contribution in [-0.2, 0) is 34.3 Å². The van der Waals surface area contributed by atoms with Gasteiger partial charge in [-0.2, -0.15) is 12.7 Å². The maximum absolute atomic E-state index is 12.6. The van der Waals surface area contributed by atoms with Crippen LogP contribution in [0.5, 0.6) is 0 Å². The van der Waals surface area contributed by atoms with Crippen LogP contribution in [0.15, 0.2) is 10.5 Å². The van der Waals surface area contributed by atoms with Gasteiger partial charge < -0.3 is 20.6 Å². The van der Waals surface area contributed by atoms with Gasteiger partial charge in [-0.3, -0.25) is 18.9 Å². The van der Waals surface area contributed by atoms with Gasteiger partial charge in [0.05, 0.1) is 0 Å². The lowest BCUT2D eigenvalue weighted by Crippen LogP contribution is -2.73. The molecule has 2 heterocycles. The minimum Gasteiger partial charge on any atom is -0.438 e. The van der Waals surface area contributed by atoms with Gasteiger partial charge in [0.25, 0.3) is 11.8 Å². The molecule has 2 rings (SSSR count). The standard InChI is InChI=1S/C13H17N5O8S2/c1-5(2)26-17-8(7-4-27-13(14)15-7)10(20)16-9-11(21)18(28(22,23)24)12(9)25-6(3)19/h4-5,9,12H,1-3H3,(H2,14,15)(H,16,20)(H,22,23,24)/t9-,12+/m1/s1. The number of esters is 1. The number of amides is 2. The second-order valence-corrected chi connectivity index (χ2v) is 7.91. The average molecular weight is 435 g/mol. The van der Waals surface area contributed by atoms with Gasteiger partial charge in [0.15, 0.2) is 16.9 Å². The van der Waals surface area contributed by atoms with Crippen molar-refractivity contribution in [3.63, 3.8) is 0 Å². The Morgan fingerprint density at radius 2 is 2.11 bits per heavy atom. The van der Waals surface area contributed by atoms with Crippen LogP contribution in [0.2, 0.25) is 0 Å². The summed E-state index contributed by atoms with van der Waals surface area (Å²) in [7, 11) is -5.00. The van der Waals surface area contributed by atoms with Crippen LogP contribution >= 0.6 is 11.3 Å². The molecule has 1 aromatic heterocycles. The van der Waals surface area contributed by atoms with Crippen LogP contribution in [0.25, 0.3) is 0 Å². The third kappa shape index (κ3) is 4.73. The Balaban J connectivity index is 2.27. The lowest BCUT2D eigenvalue weighted by molar-refractivity contribution is -0.178. The molecule has 0 spiro atoms. The number of nitrogens with zero attached hydrogens (tertiary/aromatic N) is 3. The van der Waals surface area contributed by atoms with Gasteiger partial charge in [0, 0.05) is 12.3 Å². The highest BCUT2D eigenvalue weighted by molar-refractivity contribution is 7.84. The van der Waals surface area contributed by atoms with Crippen molar-refractivity contribution in [2.75, 3.05) is 5.73 Å². The van der Waals surface area contributed by atoms with Gasteiger partial charge >= 0.3 is 16.3 Å². The third-order valence-corrected chi connectivity index (χ3v) is 4.71. The lowest BCUT2D eigenvalue weighted by atomic mass is 10.1. The van der Waals surface area contributed by atoms with E-state index in [1.807, 2.05) is 0 Å². The highest BCUT2D eigenvalue weighted by Crippen LogP contribution is 2.25. The number of thiazole rings is 1. The van der Waals surface area contributed by atoms with E-state index in [1.54, 1.807) is 13.8 Å². The topological polar surface area (TPSA) is 191 Å². The van der Waals surface area contributed by atoms with Gasteiger partial charge in [0.1, 0.15) is 11.8 Å². The van der Waals surface area contributed by atoms with Gasteiger partial charge in [-0.1, -0.05) is 5.16 Å². The molecule has 0 bridgehead atoms. The molecule has 1 saturated heterocycles. The quantitative estimate of drug-likeness (QED) is 0.155. The van der Waals surface area contributed by atoms with Crippen LogP contribution in [0.4, 0.5) is 5.13 Å². The Bertz CT molecular complexity index is 925. The van der Waals surface area contributed by atoms with Crippen molar-refractivity contribution in [1.29, 1.82) is 0 Å². The van der Waals surface area contributed by atoms with Gasteiger partial charge in [0.2, 0.25) is 6.23 Å². The second kappa shape index (κ2) is 8.07. The average Bonchev–Trinajstić information content (AvgIpc) is 2.96. The molecule has 2 amide bonds. The Hall–Kier alpha value is -2.78. The Labute approximate surface area is 163 Å². The summed E-state index contributed by atoms with van der Waals surface area (Å²) in [5.41, 5.74) is 5.27. The molecule has 0 unspecified atom stereocenters. The van der Waals surface area contributed by atoms with Crippen molar-refractivity contribution >= 4 is 50.3 Å². The Morgan fingerprint density at radius 1 is 1.46 bits per heavy atom. The predicted octanol–water partition coefficient (Wildman–Crippen LogP) is -1.13. The molecule has 2 atom stereocenters. The number of carbonyl (C=O) groups excluding carboxylic acids is 3. The minimum atomic E-state index is -5.00. The summed E-state index contributed by atoms with van der Waals surface area (Å²) < 4.78 is 36.3. The fraction of sp³-hybridized carbons (Fsp3) is 0.462. The van der Waals surface area contributed by atoms with E-state index >= 15 is 0 Å². The summed E-state index contributed by atoms with van der Waals surface area (Å²) in [4.78, 5) is 44.8. The van der Waals surface area contributed by atoms with E-state index in [1.165, 1.54) is 5.38 Å². The largest absolute Gasteiger partial charge is 0.438 e. The molecule has 15 heteroatoms. The number of nitrogens with one attached hydrogen (secondary N) is 1. The minimum absolute atomic E-state index is 0.0584. The molecule has 0 saturated carbocycles. The maximum Gasteiger partial charge on any atom is 0.365 e. The van der Waals surface area contributed by atoms with E-state index in [9.17, 15) is 22.8 Å². The summed E-state index contributed by atoms with van der Waals surface area (Å²) in [6, 6.07) is -1.57. The lowest BCUT2D eigenvalue weighted by Gasteiger charge is -2.42. The van der Waals surface area contributed by atoms with E-state index < -0.39 is 40.4 Å². The molecular formula is C13H17N5O8S2. The highest BCUT2D eigenvalue weighted by atomic mass is 32.2. The summed E-state index contributed by atoms with van der Waals surface area (Å²) in [6.07, 6.45) is -2.13. The number of hydrogen-bond acceptors (Lipinski definition) is 11. The first-order valence-electron chi connectivity index (χ1n) is 7.65. The molecule has 4 N–H and O–H groups in total. The van der Waals surface area contributed by atoms with Crippen LogP contribution < -0.4 is 11.1 Å². The normalized spacial score (nSPS) is 20.0. The van der Waals surface area contributed by atoms with E-state index in [0.29, 0.717) is 0 Å². The summed E-state index contributed by atoms with van der Waals surface area (Å²) in [5, 5.41) is 7.45. The van der Waals surface area contributed by atoms with Crippen molar-refractivity contribution < 1.29 is 36.9 Å². The number of oxime groups is 1. The maximum atomic E-state index is 12.6. The SMILES string of the molecule is CC(=O)O[C@H]1[C@H](NC(=O)C(=NOC(C)C)c2csc(N)n2)C(=O)N1S(=O)(=O)O. The number of hydrogen-bond donors (Lipinski definition) is 3. The van der Waals surface area contributed by atoms with Crippen molar-refractivity contribution in [1.82, 2.24) is 14.6 Å². The Kier molecular flexibility index (Phi) is 6.20. The first kappa shape index (κ1) is 21.5. The molecule has 1 aliphatic rings. The van der Waals surface area contributed by atoms with Gasteiger partial charge in [-0.25, -0.2) is 4.98 Å². The molecule has 13 nitrogen and oxygen atoms in total. The molecule has 154 valence electrons. The zero-order valence-electron chi connectivity index (χ0n) is 14.8. The van der Waals surface area contributed by atoms with Crippen LogP contribution in [-0.4, -0.2) is 64.1 Å².